The molecule has 1 fully saturated rings. The van der Waals surface area contributed by atoms with Crippen molar-refractivity contribution in [2.75, 3.05) is 53.6 Å². The van der Waals surface area contributed by atoms with Crippen molar-refractivity contribution in [2.45, 2.75) is 32.9 Å². The molecule has 2 aromatic rings. The van der Waals surface area contributed by atoms with Gasteiger partial charge in [-0.3, -0.25) is 4.79 Å². The molecular formula is C29H41N3O6. The SMILES string of the molecule is COCCCOc1cc(C(=O)N(C[C@@H]2CNC[C@H]2CNC(=O)OCc2ccccc2)C(C)C)ccc1OC. The van der Waals surface area contributed by atoms with Crippen LogP contribution >= 0.6 is 0 Å². The third kappa shape index (κ3) is 8.63. The van der Waals surface area contributed by atoms with Crippen molar-refractivity contribution < 1.29 is 28.5 Å². The number of hydrogen-bond donors (Lipinski definition) is 2. The van der Waals surface area contributed by atoms with Crippen LogP contribution in [0, 0.1) is 11.8 Å². The maximum atomic E-state index is 13.6. The Balaban J connectivity index is 1.58. The number of hydrogen-bond acceptors (Lipinski definition) is 7. The Bertz CT molecular complexity index is 1020. The van der Waals surface area contributed by atoms with Gasteiger partial charge in [-0.2, -0.15) is 0 Å². The van der Waals surface area contributed by atoms with Gasteiger partial charge in [0.2, 0.25) is 0 Å². The van der Waals surface area contributed by atoms with Crippen LogP contribution in [0.5, 0.6) is 11.5 Å². The maximum absolute atomic E-state index is 13.6. The van der Waals surface area contributed by atoms with Crippen molar-refractivity contribution in [2.24, 2.45) is 11.8 Å². The van der Waals surface area contributed by atoms with E-state index in [2.05, 4.69) is 10.6 Å². The van der Waals surface area contributed by atoms with Crippen LogP contribution in [-0.4, -0.2) is 76.6 Å². The zero-order chi connectivity index (χ0) is 27.3. The van der Waals surface area contributed by atoms with Crippen molar-refractivity contribution >= 4 is 12.0 Å². The Morgan fingerprint density at radius 3 is 2.50 bits per heavy atom. The number of amides is 2. The van der Waals surface area contributed by atoms with Crippen molar-refractivity contribution in [1.82, 2.24) is 15.5 Å². The van der Waals surface area contributed by atoms with Gasteiger partial charge in [-0.1, -0.05) is 30.3 Å². The molecule has 2 aromatic carbocycles. The van der Waals surface area contributed by atoms with Crippen molar-refractivity contribution in [1.29, 1.82) is 0 Å². The summed E-state index contributed by atoms with van der Waals surface area (Å²) in [7, 11) is 3.23. The van der Waals surface area contributed by atoms with Gasteiger partial charge in [0.1, 0.15) is 6.61 Å². The standard InChI is InChI=1S/C29H41N3O6/c1-21(2)32(28(33)23-11-12-26(36-4)27(15-23)37-14-8-13-35-3)19-25-17-30-16-24(25)18-31-29(34)38-20-22-9-6-5-7-10-22/h5-7,9-12,15,21,24-25,30H,8,13-14,16-20H2,1-4H3,(H,31,34)/t24-,25-/m0/s1. The first-order valence-electron chi connectivity index (χ1n) is 13.2. The summed E-state index contributed by atoms with van der Waals surface area (Å²) < 4.78 is 21.7. The predicted octanol–water partition coefficient (Wildman–Crippen LogP) is 3.72. The molecule has 2 amide bonds. The Labute approximate surface area is 225 Å². The van der Waals surface area contributed by atoms with E-state index < -0.39 is 6.09 Å². The van der Waals surface area contributed by atoms with Gasteiger partial charge in [0, 0.05) is 57.9 Å². The molecular weight excluding hydrogens is 486 g/mol. The summed E-state index contributed by atoms with van der Waals surface area (Å²) in [5.41, 5.74) is 1.49. The van der Waals surface area contributed by atoms with E-state index in [1.165, 1.54) is 0 Å². The molecule has 0 aliphatic carbocycles. The van der Waals surface area contributed by atoms with Crippen LogP contribution in [-0.2, 0) is 16.1 Å². The molecule has 9 heteroatoms. The van der Waals surface area contributed by atoms with Crippen molar-refractivity contribution in [3.8, 4) is 11.5 Å². The molecule has 38 heavy (non-hydrogen) atoms. The number of benzene rings is 2. The second-order valence-electron chi connectivity index (χ2n) is 9.73. The summed E-state index contributed by atoms with van der Waals surface area (Å²) in [6.07, 6.45) is 0.299. The fourth-order valence-corrected chi connectivity index (χ4v) is 4.48. The highest BCUT2D eigenvalue weighted by Gasteiger charge is 2.32. The number of carbonyl (C=O) groups is 2. The molecule has 1 aliphatic rings. The van der Waals surface area contributed by atoms with Gasteiger partial charge in [0.15, 0.2) is 11.5 Å². The monoisotopic (exact) mass is 527 g/mol. The normalized spacial score (nSPS) is 16.8. The second-order valence-corrected chi connectivity index (χ2v) is 9.73. The van der Waals surface area contributed by atoms with Gasteiger partial charge in [0.05, 0.1) is 13.7 Å². The molecule has 2 N–H and O–H groups in total. The molecule has 0 saturated carbocycles. The summed E-state index contributed by atoms with van der Waals surface area (Å²) in [5, 5.41) is 6.30. The van der Waals surface area contributed by atoms with Gasteiger partial charge in [0.25, 0.3) is 5.91 Å². The van der Waals surface area contributed by atoms with E-state index in [9.17, 15) is 9.59 Å². The molecule has 1 heterocycles. The number of ether oxygens (including phenoxy) is 4. The second kappa shape index (κ2) is 15.2. The average Bonchev–Trinajstić information content (AvgIpc) is 3.38. The molecule has 1 saturated heterocycles. The molecule has 0 aromatic heterocycles. The van der Waals surface area contributed by atoms with Crippen LogP contribution in [0.15, 0.2) is 48.5 Å². The fraction of sp³-hybridized carbons (Fsp3) is 0.517. The topological polar surface area (TPSA) is 98.4 Å². The summed E-state index contributed by atoms with van der Waals surface area (Å²) in [5.74, 6) is 1.44. The fourth-order valence-electron chi connectivity index (χ4n) is 4.48. The first kappa shape index (κ1) is 29.3. The lowest BCUT2D eigenvalue weighted by Gasteiger charge is -2.31. The van der Waals surface area contributed by atoms with E-state index in [-0.39, 0.29) is 30.4 Å². The largest absolute Gasteiger partial charge is 0.493 e. The van der Waals surface area contributed by atoms with Gasteiger partial charge in [-0.25, -0.2) is 4.79 Å². The van der Waals surface area contributed by atoms with Crippen LogP contribution in [0.1, 0.15) is 36.2 Å². The number of rotatable bonds is 14. The summed E-state index contributed by atoms with van der Waals surface area (Å²) in [6.45, 7) is 7.92. The molecule has 0 radical (unpaired) electrons. The van der Waals surface area contributed by atoms with Crippen LogP contribution in [0.4, 0.5) is 4.79 Å². The van der Waals surface area contributed by atoms with E-state index in [0.29, 0.717) is 43.4 Å². The zero-order valence-corrected chi connectivity index (χ0v) is 22.9. The summed E-state index contributed by atoms with van der Waals surface area (Å²) in [6, 6.07) is 14.9. The number of nitrogens with one attached hydrogen (secondary N) is 2. The van der Waals surface area contributed by atoms with E-state index in [1.807, 2.05) is 49.1 Å². The predicted molar refractivity (Wildman–Crippen MR) is 146 cm³/mol. The third-order valence-electron chi connectivity index (χ3n) is 6.68. The van der Waals surface area contributed by atoms with E-state index >= 15 is 0 Å². The van der Waals surface area contributed by atoms with Crippen molar-refractivity contribution in [3.63, 3.8) is 0 Å². The quantitative estimate of drug-likeness (QED) is 0.361. The molecule has 1 aliphatic heterocycles. The summed E-state index contributed by atoms with van der Waals surface area (Å²) >= 11 is 0. The first-order chi connectivity index (χ1) is 18.4. The number of nitrogens with zero attached hydrogens (tertiary/aromatic N) is 1. The van der Waals surface area contributed by atoms with Crippen LogP contribution < -0.4 is 20.1 Å². The highest BCUT2D eigenvalue weighted by atomic mass is 16.5. The minimum atomic E-state index is -0.437. The highest BCUT2D eigenvalue weighted by molar-refractivity contribution is 5.95. The Morgan fingerprint density at radius 1 is 1.03 bits per heavy atom. The van der Waals surface area contributed by atoms with Crippen molar-refractivity contribution in [3.05, 3.63) is 59.7 Å². The van der Waals surface area contributed by atoms with Gasteiger partial charge in [-0.15, -0.1) is 0 Å². The Morgan fingerprint density at radius 2 is 1.79 bits per heavy atom. The number of methoxy groups -OCH3 is 2. The molecule has 3 rings (SSSR count). The van der Waals surface area contributed by atoms with Crippen LogP contribution in [0.2, 0.25) is 0 Å². The average molecular weight is 528 g/mol. The minimum Gasteiger partial charge on any atom is -0.493 e. The number of carbonyl (C=O) groups excluding carboxylic acids is 2. The molecule has 0 bridgehead atoms. The Hall–Kier alpha value is -3.30. The summed E-state index contributed by atoms with van der Waals surface area (Å²) in [4.78, 5) is 27.7. The molecule has 9 nitrogen and oxygen atoms in total. The third-order valence-corrected chi connectivity index (χ3v) is 6.68. The van der Waals surface area contributed by atoms with E-state index in [0.717, 1.165) is 25.1 Å². The first-order valence-corrected chi connectivity index (χ1v) is 13.2. The Kier molecular flexibility index (Phi) is 11.7. The lowest BCUT2D eigenvalue weighted by Crippen LogP contribution is -2.43. The molecule has 208 valence electrons. The van der Waals surface area contributed by atoms with E-state index in [1.54, 1.807) is 32.4 Å². The molecule has 0 spiro atoms. The van der Waals surface area contributed by atoms with Crippen LogP contribution in [0.3, 0.4) is 0 Å². The lowest BCUT2D eigenvalue weighted by molar-refractivity contribution is 0.0659. The minimum absolute atomic E-state index is 0.000667. The highest BCUT2D eigenvalue weighted by Crippen LogP contribution is 2.29. The van der Waals surface area contributed by atoms with E-state index in [4.69, 9.17) is 18.9 Å². The smallest absolute Gasteiger partial charge is 0.407 e. The van der Waals surface area contributed by atoms with Gasteiger partial charge < -0.3 is 34.5 Å². The lowest BCUT2D eigenvalue weighted by atomic mass is 9.94. The molecule has 2 atom stereocenters. The zero-order valence-electron chi connectivity index (χ0n) is 22.9. The van der Waals surface area contributed by atoms with Gasteiger partial charge in [-0.05, 0) is 49.4 Å². The maximum Gasteiger partial charge on any atom is 0.407 e. The number of alkyl carbamates (subject to hydrolysis) is 1. The van der Waals surface area contributed by atoms with Crippen LogP contribution in [0.25, 0.3) is 0 Å². The van der Waals surface area contributed by atoms with Gasteiger partial charge >= 0.3 is 6.09 Å². The molecule has 0 unspecified atom stereocenters.